The van der Waals surface area contributed by atoms with Gasteiger partial charge < -0.3 is 5.11 Å². The average molecular weight is 258 g/mol. The third kappa shape index (κ3) is 3.34. The molecule has 2 aromatic rings. The fraction of sp³-hybridized carbons (Fsp3) is 0.143. The zero-order valence-electron chi connectivity index (χ0n) is 10.3. The van der Waals surface area contributed by atoms with Crippen molar-refractivity contribution < 1.29 is 5.11 Å². The van der Waals surface area contributed by atoms with Gasteiger partial charge in [-0.1, -0.05) is 18.2 Å². The highest BCUT2D eigenvalue weighted by Gasteiger charge is 1.97. The largest absolute Gasteiger partial charge is 0.493 e. The molecule has 0 aliphatic heterocycles. The molecule has 0 spiro atoms. The van der Waals surface area contributed by atoms with Crippen molar-refractivity contribution in [3.8, 4) is 5.88 Å². The summed E-state index contributed by atoms with van der Waals surface area (Å²) >= 11 is 1.71. The monoisotopic (exact) mass is 258 g/mol. The van der Waals surface area contributed by atoms with Gasteiger partial charge in [-0.3, -0.25) is 0 Å². The van der Waals surface area contributed by atoms with E-state index in [1.54, 1.807) is 17.8 Å². The molecular weight excluding hydrogens is 244 g/mol. The number of aromatic hydroxyl groups is 1. The molecule has 2 rings (SSSR count). The number of aromatic nitrogens is 2. The molecule has 0 aliphatic rings. The van der Waals surface area contributed by atoms with Crippen LogP contribution in [-0.4, -0.2) is 21.3 Å². The Bertz CT molecular complexity index is 544. The van der Waals surface area contributed by atoms with Crippen molar-refractivity contribution in [1.29, 1.82) is 0 Å². The Labute approximate surface area is 111 Å². The van der Waals surface area contributed by atoms with E-state index in [0.29, 0.717) is 5.82 Å². The van der Waals surface area contributed by atoms with E-state index in [-0.39, 0.29) is 5.88 Å². The van der Waals surface area contributed by atoms with Crippen molar-refractivity contribution in [2.45, 2.75) is 11.8 Å². The fourth-order valence-electron chi connectivity index (χ4n) is 1.53. The summed E-state index contributed by atoms with van der Waals surface area (Å²) in [4.78, 5) is 9.39. The third-order valence-corrected chi connectivity index (χ3v) is 3.14. The van der Waals surface area contributed by atoms with Gasteiger partial charge in [0, 0.05) is 16.7 Å². The summed E-state index contributed by atoms with van der Waals surface area (Å²) in [5.41, 5.74) is 1.83. The van der Waals surface area contributed by atoms with Crippen LogP contribution in [0.5, 0.6) is 5.88 Å². The van der Waals surface area contributed by atoms with Gasteiger partial charge in [0.15, 0.2) is 5.82 Å². The Morgan fingerprint density at radius 1 is 1.11 bits per heavy atom. The molecule has 1 heterocycles. The van der Waals surface area contributed by atoms with Crippen molar-refractivity contribution in [1.82, 2.24) is 9.97 Å². The fourth-order valence-corrected chi connectivity index (χ4v) is 1.94. The second kappa shape index (κ2) is 5.69. The number of hydrogen-bond donors (Lipinski definition) is 1. The topological polar surface area (TPSA) is 46.0 Å². The van der Waals surface area contributed by atoms with Crippen LogP contribution in [0.25, 0.3) is 12.2 Å². The van der Waals surface area contributed by atoms with Crippen molar-refractivity contribution >= 4 is 23.9 Å². The van der Waals surface area contributed by atoms with Gasteiger partial charge in [0.1, 0.15) is 0 Å². The van der Waals surface area contributed by atoms with Gasteiger partial charge in [-0.25, -0.2) is 4.98 Å². The first-order valence-corrected chi connectivity index (χ1v) is 6.76. The van der Waals surface area contributed by atoms with Gasteiger partial charge in [-0.05, 0) is 37.0 Å². The highest BCUT2D eigenvalue weighted by Crippen LogP contribution is 2.16. The molecule has 1 aromatic carbocycles. The number of hydrogen-bond acceptors (Lipinski definition) is 4. The smallest absolute Gasteiger partial charge is 0.214 e. The lowest BCUT2D eigenvalue weighted by Gasteiger charge is -1.98. The van der Waals surface area contributed by atoms with Crippen LogP contribution < -0.4 is 0 Å². The minimum atomic E-state index is -0.000110. The summed E-state index contributed by atoms with van der Waals surface area (Å²) in [7, 11) is 0. The lowest BCUT2D eigenvalue weighted by atomic mass is 10.2. The molecule has 0 saturated carbocycles. The average Bonchev–Trinajstić information content (AvgIpc) is 2.36. The molecule has 0 bridgehead atoms. The number of aryl methyl sites for hydroxylation is 1. The van der Waals surface area contributed by atoms with E-state index in [4.69, 9.17) is 0 Å². The van der Waals surface area contributed by atoms with E-state index in [9.17, 15) is 5.11 Å². The highest BCUT2D eigenvalue weighted by atomic mass is 32.2. The molecule has 0 amide bonds. The van der Waals surface area contributed by atoms with E-state index in [1.807, 2.05) is 31.4 Å². The minimum Gasteiger partial charge on any atom is -0.493 e. The maximum atomic E-state index is 9.37. The molecule has 1 N–H and O–H groups in total. The zero-order chi connectivity index (χ0) is 13.0. The quantitative estimate of drug-likeness (QED) is 0.857. The molecule has 18 heavy (non-hydrogen) atoms. The van der Waals surface area contributed by atoms with Crippen LogP contribution in [0.3, 0.4) is 0 Å². The Morgan fingerprint density at radius 3 is 2.44 bits per heavy atom. The highest BCUT2D eigenvalue weighted by molar-refractivity contribution is 7.98. The van der Waals surface area contributed by atoms with Crippen molar-refractivity contribution in [3.63, 3.8) is 0 Å². The first-order chi connectivity index (χ1) is 8.67. The third-order valence-electron chi connectivity index (χ3n) is 2.40. The lowest BCUT2D eigenvalue weighted by Crippen LogP contribution is -1.89. The molecule has 0 fully saturated rings. The number of rotatable bonds is 3. The van der Waals surface area contributed by atoms with Crippen LogP contribution in [0.4, 0.5) is 0 Å². The van der Waals surface area contributed by atoms with Crippen LogP contribution in [0.2, 0.25) is 0 Å². The summed E-state index contributed by atoms with van der Waals surface area (Å²) in [5.74, 6) is 0.515. The SMILES string of the molecule is CSc1ccc(C=Cc2nc(C)cc(O)n2)cc1. The first-order valence-electron chi connectivity index (χ1n) is 5.54. The Balaban J connectivity index is 2.18. The van der Waals surface area contributed by atoms with E-state index in [2.05, 4.69) is 22.1 Å². The van der Waals surface area contributed by atoms with E-state index in [1.165, 1.54) is 11.0 Å². The lowest BCUT2D eigenvalue weighted by molar-refractivity contribution is 0.450. The Morgan fingerprint density at radius 2 is 1.83 bits per heavy atom. The first kappa shape index (κ1) is 12.6. The van der Waals surface area contributed by atoms with Gasteiger partial charge in [0.2, 0.25) is 5.88 Å². The molecule has 0 aliphatic carbocycles. The molecule has 92 valence electrons. The molecule has 0 saturated heterocycles. The van der Waals surface area contributed by atoms with E-state index in [0.717, 1.165) is 11.3 Å². The van der Waals surface area contributed by atoms with E-state index >= 15 is 0 Å². The summed E-state index contributed by atoms with van der Waals surface area (Å²) in [6, 6.07) is 9.75. The standard InChI is InChI=1S/C14H14N2OS/c1-10-9-14(17)16-13(15-10)8-5-11-3-6-12(18-2)7-4-11/h3-9H,1-2H3,(H,15,16,17). The Kier molecular flexibility index (Phi) is 3.99. The normalized spacial score (nSPS) is 11.0. The van der Waals surface area contributed by atoms with Gasteiger partial charge in [-0.15, -0.1) is 11.8 Å². The maximum Gasteiger partial charge on any atom is 0.214 e. The minimum absolute atomic E-state index is 0.000110. The van der Waals surface area contributed by atoms with Crippen LogP contribution in [-0.2, 0) is 0 Å². The Hall–Kier alpha value is -1.81. The van der Waals surface area contributed by atoms with Crippen molar-refractivity contribution in [2.75, 3.05) is 6.26 Å². The number of benzene rings is 1. The molecular formula is C14H14N2OS. The molecule has 0 atom stereocenters. The van der Waals surface area contributed by atoms with Gasteiger partial charge >= 0.3 is 0 Å². The summed E-state index contributed by atoms with van der Waals surface area (Å²) in [6.45, 7) is 1.83. The van der Waals surface area contributed by atoms with Crippen LogP contribution in [0.15, 0.2) is 35.2 Å². The van der Waals surface area contributed by atoms with Crippen LogP contribution in [0.1, 0.15) is 17.1 Å². The van der Waals surface area contributed by atoms with Crippen LogP contribution in [0, 0.1) is 6.92 Å². The number of nitrogens with zero attached hydrogens (tertiary/aromatic N) is 2. The van der Waals surface area contributed by atoms with Crippen LogP contribution >= 0.6 is 11.8 Å². The van der Waals surface area contributed by atoms with E-state index < -0.39 is 0 Å². The molecule has 1 aromatic heterocycles. The van der Waals surface area contributed by atoms with Gasteiger partial charge in [0.05, 0.1) is 0 Å². The van der Waals surface area contributed by atoms with Gasteiger partial charge in [0.25, 0.3) is 0 Å². The van der Waals surface area contributed by atoms with Crippen molar-refractivity contribution in [2.24, 2.45) is 0 Å². The summed E-state index contributed by atoms with van der Waals surface area (Å²) in [6.07, 6.45) is 5.77. The molecule has 0 radical (unpaired) electrons. The summed E-state index contributed by atoms with van der Waals surface area (Å²) in [5, 5.41) is 9.37. The summed E-state index contributed by atoms with van der Waals surface area (Å²) < 4.78 is 0. The molecule has 3 nitrogen and oxygen atoms in total. The predicted molar refractivity (Wildman–Crippen MR) is 75.6 cm³/mol. The molecule has 4 heteroatoms. The number of thioether (sulfide) groups is 1. The molecule has 0 unspecified atom stereocenters. The second-order valence-electron chi connectivity index (χ2n) is 3.83. The van der Waals surface area contributed by atoms with Gasteiger partial charge in [-0.2, -0.15) is 4.98 Å². The predicted octanol–water partition coefficient (Wildman–Crippen LogP) is 3.38. The van der Waals surface area contributed by atoms with Crippen molar-refractivity contribution in [3.05, 3.63) is 47.4 Å². The zero-order valence-corrected chi connectivity index (χ0v) is 11.1. The maximum absolute atomic E-state index is 9.37. The second-order valence-corrected chi connectivity index (χ2v) is 4.71.